The Morgan fingerprint density at radius 3 is 2.12 bits per heavy atom. The van der Waals surface area contributed by atoms with Crippen LogP contribution < -0.4 is 0 Å². The molecule has 1 aliphatic rings. The third-order valence-corrected chi connectivity index (χ3v) is 16.1. The average Bonchev–Trinajstić information content (AvgIpc) is 2.72. The summed E-state index contributed by atoms with van der Waals surface area (Å²) >= 11 is 5.97. The monoisotopic (exact) mass is 411 g/mol. The van der Waals surface area contributed by atoms with Gasteiger partial charge in [0.25, 0.3) is 0 Å². The lowest BCUT2D eigenvalue weighted by molar-refractivity contribution is -0.160. The molecule has 0 radical (unpaired) electrons. The van der Waals surface area contributed by atoms with E-state index in [0.717, 1.165) is 17.0 Å². The fraction of sp³-hybridized carbons (Fsp3) is 0.650. The lowest BCUT2D eigenvalue weighted by atomic mass is 9.98. The number of carbonyl (C=O) groups is 1. The van der Waals surface area contributed by atoms with Crippen LogP contribution in [0.15, 0.2) is 24.3 Å². The Bertz CT molecular complexity index is 628. The van der Waals surface area contributed by atoms with Crippen LogP contribution in [0.3, 0.4) is 0 Å². The van der Waals surface area contributed by atoms with Crippen molar-refractivity contribution in [3.05, 3.63) is 34.9 Å². The van der Waals surface area contributed by atoms with E-state index < -0.39 is 22.1 Å². The molecule has 0 saturated carbocycles. The highest BCUT2D eigenvalue weighted by Gasteiger charge is 2.52. The van der Waals surface area contributed by atoms with E-state index in [1.807, 2.05) is 38.1 Å². The molecule has 146 valence electrons. The van der Waals surface area contributed by atoms with Crippen LogP contribution in [-0.4, -0.2) is 38.3 Å². The Balaban J connectivity index is 2.13. The molecule has 0 amide bonds. The van der Waals surface area contributed by atoms with Crippen molar-refractivity contribution >= 4 is 34.0 Å². The van der Waals surface area contributed by atoms with Crippen molar-refractivity contribution in [1.82, 2.24) is 4.23 Å². The summed E-state index contributed by atoms with van der Waals surface area (Å²) in [5.74, 6) is -0.0467. The van der Waals surface area contributed by atoms with Gasteiger partial charge in [0.2, 0.25) is 0 Å². The summed E-state index contributed by atoms with van der Waals surface area (Å²) in [6.45, 7) is 15.7. The normalized spacial score (nSPS) is 20.8. The number of nitrogens with zero attached hydrogens (tertiary/aromatic N) is 1. The first-order valence-corrected chi connectivity index (χ1v) is 16.3. The van der Waals surface area contributed by atoms with Gasteiger partial charge in [-0.3, -0.25) is 4.79 Å². The van der Waals surface area contributed by atoms with Crippen LogP contribution in [-0.2, 0) is 16.0 Å². The van der Waals surface area contributed by atoms with E-state index in [-0.39, 0.29) is 12.0 Å². The summed E-state index contributed by atoms with van der Waals surface area (Å²) < 4.78 is 8.71. The molecule has 26 heavy (non-hydrogen) atoms. The van der Waals surface area contributed by atoms with Gasteiger partial charge in [0.05, 0.1) is 6.04 Å². The maximum Gasteiger partial charge on any atom is 0.322 e. The number of ether oxygens (including phenoxy) is 1. The molecular formula is C20H34ClNO2Si2. The predicted molar refractivity (Wildman–Crippen MR) is 116 cm³/mol. The first-order valence-electron chi connectivity index (χ1n) is 9.65. The van der Waals surface area contributed by atoms with Crippen LogP contribution in [0, 0.1) is 0 Å². The quantitative estimate of drug-likeness (QED) is 0.443. The Labute approximate surface area is 166 Å². The van der Waals surface area contributed by atoms with E-state index in [1.54, 1.807) is 0 Å². The minimum absolute atomic E-state index is 0.0467. The summed E-state index contributed by atoms with van der Waals surface area (Å²) in [6, 6.07) is 10.3. The molecule has 1 fully saturated rings. The highest BCUT2D eigenvalue weighted by molar-refractivity contribution is 6.95. The van der Waals surface area contributed by atoms with Crippen molar-refractivity contribution in [3.8, 4) is 0 Å². The Kier molecular flexibility index (Phi) is 6.48. The number of carbonyl (C=O) groups excluding carboxylic acids is 1. The van der Waals surface area contributed by atoms with Crippen molar-refractivity contribution in [1.29, 1.82) is 0 Å². The number of rotatable bonds is 6. The van der Waals surface area contributed by atoms with Crippen molar-refractivity contribution in [2.24, 2.45) is 0 Å². The Hall–Kier alpha value is -0.626. The molecule has 0 N–H and O–H groups in total. The van der Waals surface area contributed by atoms with Crippen LogP contribution in [0.25, 0.3) is 0 Å². The number of esters is 1. The molecule has 0 aromatic heterocycles. The van der Waals surface area contributed by atoms with Crippen LogP contribution in [0.1, 0.15) is 32.8 Å². The van der Waals surface area contributed by atoms with E-state index in [0.29, 0.717) is 6.42 Å². The summed E-state index contributed by atoms with van der Waals surface area (Å²) in [6.07, 6.45) is 1.51. The molecule has 0 spiro atoms. The van der Waals surface area contributed by atoms with Gasteiger partial charge in [-0.2, -0.15) is 0 Å². The lowest BCUT2D eigenvalue weighted by Gasteiger charge is -2.44. The highest BCUT2D eigenvalue weighted by atomic mass is 35.5. The molecule has 1 aliphatic heterocycles. The van der Waals surface area contributed by atoms with Gasteiger partial charge in [0, 0.05) is 11.4 Å². The van der Waals surface area contributed by atoms with E-state index in [4.69, 9.17) is 16.3 Å². The Morgan fingerprint density at radius 1 is 1.15 bits per heavy atom. The molecule has 3 nitrogen and oxygen atoms in total. The minimum atomic E-state index is -1.53. The van der Waals surface area contributed by atoms with Gasteiger partial charge in [-0.1, -0.05) is 56.8 Å². The number of benzene rings is 1. The molecule has 6 heteroatoms. The summed E-state index contributed by atoms with van der Waals surface area (Å²) in [4.78, 5) is 13.2. The minimum Gasteiger partial charge on any atom is -0.458 e. The highest BCUT2D eigenvalue weighted by Crippen LogP contribution is 2.39. The van der Waals surface area contributed by atoms with E-state index >= 15 is 0 Å². The summed E-state index contributed by atoms with van der Waals surface area (Å²) in [7, 11) is -3.06. The summed E-state index contributed by atoms with van der Waals surface area (Å²) in [5.41, 5.74) is 0.598. The molecule has 1 heterocycles. The standard InChI is InChI=1S/C20H34ClNO2Si2/c1-8-18(22-25(4,5)13-14-26(22,6)7)19(23)24-20(2,3)15-16-9-11-17(21)12-10-16/h9-12,18H,8,13-15H2,1-7H3. The zero-order valence-corrected chi connectivity index (χ0v) is 20.1. The molecule has 2 rings (SSSR count). The predicted octanol–water partition coefficient (Wildman–Crippen LogP) is 5.71. The molecule has 0 bridgehead atoms. The maximum atomic E-state index is 13.2. The molecule has 1 saturated heterocycles. The van der Waals surface area contributed by atoms with Gasteiger partial charge < -0.3 is 8.97 Å². The van der Waals surface area contributed by atoms with Crippen LogP contribution in [0.5, 0.6) is 0 Å². The average molecular weight is 412 g/mol. The smallest absolute Gasteiger partial charge is 0.322 e. The molecule has 1 aromatic rings. The van der Waals surface area contributed by atoms with E-state index in [9.17, 15) is 4.79 Å². The largest absolute Gasteiger partial charge is 0.458 e. The topological polar surface area (TPSA) is 29.5 Å². The van der Waals surface area contributed by atoms with Crippen LogP contribution in [0.4, 0.5) is 0 Å². The van der Waals surface area contributed by atoms with E-state index in [1.165, 1.54) is 12.1 Å². The maximum absolute atomic E-state index is 13.2. The fourth-order valence-electron chi connectivity index (χ4n) is 4.44. The third-order valence-electron chi connectivity index (χ3n) is 5.54. The second-order valence-electron chi connectivity index (χ2n) is 9.40. The fourth-order valence-corrected chi connectivity index (χ4v) is 19.4. The van der Waals surface area contributed by atoms with Gasteiger partial charge in [0.1, 0.15) is 22.1 Å². The molecule has 0 aliphatic carbocycles. The molecule has 1 atom stereocenters. The SMILES string of the molecule is CCC(C(=O)OC(C)(C)Cc1ccc(Cl)cc1)N1[Si](C)(C)CC[Si]1(C)C. The van der Waals surface area contributed by atoms with Crippen molar-refractivity contribution in [3.63, 3.8) is 0 Å². The lowest BCUT2D eigenvalue weighted by Crippen LogP contribution is -2.62. The zero-order valence-electron chi connectivity index (χ0n) is 17.4. The van der Waals surface area contributed by atoms with Gasteiger partial charge in [-0.05, 0) is 50.1 Å². The third kappa shape index (κ3) is 5.00. The molecular weight excluding hydrogens is 378 g/mol. The van der Waals surface area contributed by atoms with Gasteiger partial charge in [-0.15, -0.1) is 0 Å². The van der Waals surface area contributed by atoms with Gasteiger partial charge >= 0.3 is 5.97 Å². The number of hydrogen-bond donors (Lipinski definition) is 0. The van der Waals surface area contributed by atoms with Crippen molar-refractivity contribution in [2.45, 2.75) is 83.5 Å². The van der Waals surface area contributed by atoms with Crippen molar-refractivity contribution in [2.75, 3.05) is 0 Å². The molecule has 1 aromatic carbocycles. The van der Waals surface area contributed by atoms with Crippen LogP contribution in [0.2, 0.25) is 43.3 Å². The van der Waals surface area contributed by atoms with Gasteiger partial charge in [0.15, 0.2) is 0 Å². The number of halogens is 1. The second kappa shape index (κ2) is 7.78. The zero-order chi connectivity index (χ0) is 19.8. The van der Waals surface area contributed by atoms with E-state index in [2.05, 4.69) is 37.3 Å². The first kappa shape index (κ1) is 21.7. The second-order valence-corrected chi connectivity index (χ2v) is 19.5. The summed E-state index contributed by atoms with van der Waals surface area (Å²) in [5, 5.41) is 0.725. The van der Waals surface area contributed by atoms with Crippen molar-refractivity contribution < 1.29 is 9.53 Å². The van der Waals surface area contributed by atoms with Crippen LogP contribution >= 0.6 is 11.6 Å². The molecule has 1 unspecified atom stereocenters. The Morgan fingerprint density at radius 2 is 1.65 bits per heavy atom. The number of hydrogen-bond acceptors (Lipinski definition) is 3. The first-order chi connectivity index (χ1) is 11.9. The van der Waals surface area contributed by atoms with Gasteiger partial charge in [-0.25, -0.2) is 0 Å².